The summed E-state index contributed by atoms with van der Waals surface area (Å²) in [6.07, 6.45) is 0.477. The maximum atomic E-state index is 11.8. The van der Waals surface area contributed by atoms with Crippen LogP contribution in [0.1, 0.15) is 43.5 Å². The fourth-order valence-corrected chi connectivity index (χ4v) is 1.94. The van der Waals surface area contributed by atoms with Gasteiger partial charge in [0.25, 0.3) is 0 Å². The largest absolute Gasteiger partial charge is 0.391 e. The smallest absolute Gasteiger partial charge is 0.220 e. The molecule has 4 nitrogen and oxygen atoms in total. The molecule has 0 fully saturated rings. The molecule has 4 heteroatoms. The maximum absolute atomic E-state index is 11.8. The second-order valence-electron chi connectivity index (χ2n) is 5.38. The molecule has 0 saturated heterocycles. The van der Waals surface area contributed by atoms with Crippen molar-refractivity contribution in [2.75, 3.05) is 6.54 Å². The number of aliphatic hydroxyl groups excluding tert-OH is 1. The van der Waals surface area contributed by atoms with Gasteiger partial charge in [-0.15, -0.1) is 0 Å². The molecule has 0 radical (unpaired) electrons. The summed E-state index contributed by atoms with van der Waals surface area (Å²) >= 11 is 0. The molecule has 110 valence electrons. The van der Waals surface area contributed by atoms with Gasteiger partial charge >= 0.3 is 0 Å². The van der Waals surface area contributed by atoms with E-state index in [0.29, 0.717) is 17.9 Å². The number of carbonyl (C=O) groups is 2. The minimum atomic E-state index is -0.524. The van der Waals surface area contributed by atoms with Crippen LogP contribution in [-0.4, -0.2) is 29.4 Å². The Morgan fingerprint density at radius 1 is 1.15 bits per heavy atom. The molecule has 0 aliphatic heterocycles. The lowest BCUT2D eigenvalue weighted by Gasteiger charge is -2.13. The summed E-state index contributed by atoms with van der Waals surface area (Å²) in [6, 6.07) is 8.93. The number of hydrogen-bond donors (Lipinski definition) is 2. The molecular weight excluding hydrogens is 254 g/mol. The lowest BCUT2D eigenvalue weighted by Crippen LogP contribution is -2.32. The van der Waals surface area contributed by atoms with Gasteiger partial charge in [0.05, 0.1) is 6.10 Å². The van der Waals surface area contributed by atoms with E-state index >= 15 is 0 Å². The van der Waals surface area contributed by atoms with Gasteiger partial charge in [0.15, 0.2) is 5.78 Å². The third kappa shape index (κ3) is 6.48. The van der Waals surface area contributed by atoms with Gasteiger partial charge in [-0.1, -0.05) is 44.2 Å². The third-order valence-electron chi connectivity index (χ3n) is 2.95. The first-order valence-corrected chi connectivity index (χ1v) is 7.02. The van der Waals surface area contributed by atoms with Crippen LogP contribution in [0.5, 0.6) is 0 Å². The van der Waals surface area contributed by atoms with Crippen LogP contribution in [0.4, 0.5) is 0 Å². The molecule has 1 amide bonds. The zero-order valence-electron chi connectivity index (χ0n) is 12.1. The van der Waals surface area contributed by atoms with Gasteiger partial charge < -0.3 is 10.4 Å². The van der Waals surface area contributed by atoms with Crippen molar-refractivity contribution in [3.63, 3.8) is 0 Å². The van der Waals surface area contributed by atoms with E-state index in [1.807, 2.05) is 19.9 Å². The number of rotatable bonds is 8. The molecule has 1 rings (SSSR count). The van der Waals surface area contributed by atoms with Crippen molar-refractivity contribution < 1.29 is 14.7 Å². The Hall–Kier alpha value is -1.68. The summed E-state index contributed by atoms with van der Waals surface area (Å²) in [5, 5.41) is 12.3. The molecule has 0 heterocycles. The number of ketones is 1. The Morgan fingerprint density at radius 3 is 2.40 bits per heavy atom. The van der Waals surface area contributed by atoms with Gasteiger partial charge in [-0.05, 0) is 12.3 Å². The van der Waals surface area contributed by atoms with E-state index in [0.717, 1.165) is 0 Å². The quantitative estimate of drug-likeness (QED) is 0.716. The Labute approximate surface area is 120 Å². The molecule has 0 spiro atoms. The van der Waals surface area contributed by atoms with Crippen LogP contribution >= 0.6 is 0 Å². The molecule has 0 aliphatic carbocycles. The summed E-state index contributed by atoms with van der Waals surface area (Å²) in [5.41, 5.74) is 0.625. The van der Waals surface area contributed by atoms with E-state index in [1.165, 1.54) is 0 Å². The van der Waals surface area contributed by atoms with Crippen LogP contribution in [0, 0.1) is 5.92 Å². The van der Waals surface area contributed by atoms with Crippen LogP contribution in [0.15, 0.2) is 30.3 Å². The monoisotopic (exact) mass is 277 g/mol. The van der Waals surface area contributed by atoms with E-state index in [4.69, 9.17) is 0 Å². The number of amides is 1. The summed E-state index contributed by atoms with van der Waals surface area (Å²) in [7, 11) is 0. The average Bonchev–Trinajstić information content (AvgIpc) is 2.42. The predicted octanol–water partition coefficient (Wildman–Crippen LogP) is 2.17. The molecule has 0 aliphatic rings. The standard InChI is InChI=1S/C16H23NO3/c1-12(2)10-14(18)11-17-16(20)9-8-15(19)13-6-4-3-5-7-13/h3-7,12,14,18H,8-11H2,1-2H3,(H,17,20). The van der Waals surface area contributed by atoms with Crippen LogP contribution in [0.3, 0.4) is 0 Å². The first-order valence-electron chi connectivity index (χ1n) is 7.02. The number of carbonyl (C=O) groups excluding carboxylic acids is 2. The van der Waals surface area contributed by atoms with Crippen LogP contribution in [-0.2, 0) is 4.79 Å². The number of hydrogen-bond acceptors (Lipinski definition) is 3. The Bertz CT molecular complexity index is 429. The number of aliphatic hydroxyl groups is 1. The molecule has 1 aromatic carbocycles. The minimum absolute atomic E-state index is 0.0384. The van der Waals surface area contributed by atoms with Crippen molar-refractivity contribution in [1.82, 2.24) is 5.32 Å². The zero-order valence-corrected chi connectivity index (χ0v) is 12.1. The van der Waals surface area contributed by atoms with E-state index in [2.05, 4.69) is 5.32 Å². The van der Waals surface area contributed by atoms with Crippen molar-refractivity contribution >= 4 is 11.7 Å². The minimum Gasteiger partial charge on any atom is -0.391 e. The van der Waals surface area contributed by atoms with E-state index < -0.39 is 6.10 Å². The number of Topliss-reactive ketones (excluding diaryl/α,β-unsaturated/α-hetero) is 1. The van der Waals surface area contributed by atoms with Crippen LogP contribution in [0.25, 0.3) is 0 Å². The predicted molar refractivity (Wildman–Crippen MR) is 78.5 cm³/mol. The first kappa shape index (κ1) is 16.4. The summed E-state index contributed by atoms with van der Waals surface area (Å²) in [4.78, 5) is 23.4. The molecule has 0 bridgehead atoms. The Morgan fingerprint density at radius 2 is 1.80 bits per heavy atom. The SMILES string of the molecule is CC(C)CC(O)CNC(=O)CCC(=O)c1ccccc1. The fourth-order valence-electron chi connectivity index (χ4n) is 1.94. The molecule has 1 unspecified atom stereocenters. The van der Waals surface area contributed by atoms with Gasteiger partial charge in [0, 0.05) is 24.9 Å². The molecule has 20 heavy (non-hydrogen) atoms. The van der Waals surface area contributed by atoms with Crippen molar-refractivity contribution in [1.29, 1.82) is 0 Å². The summed E-state index contributed by atoms with van der Waals surface area (Å²) in [6.45, 7) is 4.28. The Kier molecular flexibility index (Phi) is 6.94. The highest BCUT2D eigenvalue weighted by molar-refractivity contribution is 5.97. The van der Waals surface area contributed by atoms with Gasteiger partial charge in [0.2, 0.25) is 5.91 Å². The second-order valence-corrected chi connectivity index (χ2v) is 5.38. The average molecular weight is 277 g/mol. The molecular formula is C16H23NO3. The van der Waals surface area contributed by atoms with Gasteiger partial charge in [-0.25, -0.2) is 0 Å². The van der Waals surface area contributed by atoms with Gasteiger partial charge in [0.1, 0.15) is 0 Å². The van der Waals surface area contributed by atoms with E-state index in [1.54, 1.807) is 24.3 Å². The van der Waals surface area contributed by atoms with E-state index in [-0.39, 0.29) is 31.1 Å². The first-order chi connectivity index (χ1) is 9.49. The lowest BCUT2D eigenvalue weighted by molar-refractivity contribution is -0.121. The van der Waals surface area contributed by atoms with Crippen molar-refractivity contribution in [3.05, 3.63) is 35.9 Å². The number of benzene rings is 1. The van der Waals surface area contributed by atoms with Gasteiger partial charge in [-0.3, -0.25) is 9.59 Å². The van der Waals surface area contributed by atoms with E-state index in [9.17, 15) is 14.7 Å². The zero-order chi connectivity index (χ0) is 15.0. The van der Waals surface area contributed by atoms with Crippen molar-refractivity contribution in [2.24, 2.45) is 5.92 Å². The second kappa shape index (κ2) is 8.48. The van der Waals surface area contributed by atoms with Crippen LogP contribution in [0.2, 0.25) is 0 Å². The van der Waals surface area contributed by atoms with Crippen molar-refractivity contribution in [3.8, 4) is 0 Å². The maximum Gasteiger partial charge on any atom is 0.220 e. The molecule has 2 N–H and O–H groups in total. The highest BCUT2D eigenvalue weighted by Crippen LogP contribution is 2.06. The molecule has 0 saturated carbocycles. The molecule has 1 aromatic rings. The molecule has 1 atom stereocenters. The summed E-state index contributed by atoms with van der Waals surface area (Å²) in [5.74, 6) is 0.155. The Balaban J connectivity index is 2.25. The summed E-state index contributed by atoms with van der Waals surface area (Å²) < 4.78 is 0. The molecule has 0 aromatic heterocycles. The van der Waals surface area contributed by atoms with Crippen LogP contribution < -0.4 is 5.32 Å². The van der Waals surface area contributed by atoms with Crippen molar-refractivity contribution in [2.45, 2.75) is 39.2 Å². The fraction of sp³-hybridized carbons (Fsp3) is 0.500. The normalized spacial score (nSPS) is 12.2. The third-order valence-corrected chi connectivity index (χ3v) is 2.95. The van der Waals surface area contributed by atoms with Gasteiger partial charge in [-0.2, -0.15) is 0 Å². The number of nitrogens with one attached hydrogen (secondary N) is 1. The topological polar surface area (TPSA) is 66.4 Å². The highest BCUT2D eigenvalue weighted by Gasteiger charge is 2.11. The lowest BCUT2D eigenvalue weighted by atomic mass is 10.1. The highest BCUT2D eigenvalue weighted by atomic mass is 16.3.